The number of likely N-dealkylation sites (tertiary alicyclic amines) is 3. The Bertz CT molecular complexity index is 6530. The zero-order valence-electron chi connectivity index (χ0n) is 80.9. The highest BCUT2D eigenvalue weighted by Crippen LogP contribution is 2.49. The number of benzene rings is 6. The maximum atomic E-state index is 14.7. The van der Waals surface area contributed by atoms with E-state index in [4.69, 9.17) is 74.2 Å². The number of carbonyl (C=O) groups is 13. The predicted molar refractivity (Wildman–Crippen MR) is 520 cm³/mol. The van der Waals surface area contributed by atoms with Crippen molar-refractivity contribution in [3.63, 3.8) is 0 Å². The lowest BCUT2D eigenvalue weighted by molar-refractivity contribution is -0.162. The first-order chi connectivity index (χ1) is 67.0. The quantitative estimate of drug-likeness (QED) is 0.00447. The maximum Gasteiger partial charge on any atom is 0.367 e. The van der Waals surface area contributed by atoms with E-state index in [0.29, 0.717) is 16.2 Å². The van der Waals surface area contributed by atoms with Gasteiger partial charge < -0.3 is 78.0 Å². The predicted octanol–water partition coefficient (Wildman–Crippen LogP) is 14.6. The van der Waals surface area contributed by atoms with Gasteiger partial charge in [-0.05, 0) is 158 Å². The van der Waals surface area contributed by atoms with Crippen LogP contribution in [0, 0.1) is 39.1 Å². The van der Waals surface area contributed by atoms with Crippen LogP contribution in [-0.2, 0) is 133 Å². The summed E-state index contributed by atoms with van der Waals surface area (Å²) in [6.07, 6.45) is -1.09. The van der Waals surface area contributed by atoms with E-state index in [1.807, 2.05) is 0 Å². The molecule has 3 fully saturated rings. The molecule has 3 aromatic heterocycles. The van der Waals surface area contributed by atoms with Crippen LogP contribution in [0.5, 0.6) is 0 Å². The lowest BCUT2D eigenvalue weighted by Crippen LogP contribution is -2.46. The molecule has 1 unspecified atom stereocenters. The van der Waals surface area contributed by atoms with E-state index in [2.05, 4.69) is 20.7 Å². The van der Waals surface area contributed by atoms with E-state index < -0.39 is 192 Å². The summed E-state index contributed by atoms with van der Waals surface area (Å²) >= 11 is 22.5. The molecule has 3 saturated heterocycles. The van der Waals surface area contributed by atoms with Crippen LogP contribution in [0.1, 0.15) is 171 Å². The molecule has 780 valence electrons. The zero-order valence-corrected chi connectivity index (χ0v) is 86.6. The van der Waals surface area contributed by atoms with Crippen molar-refractivity contribution in [3.8, 4) is 0 Å². The highest BCUT2D eigenvalue weighted by Gasteiger charge is 2.45. The summed E-state index contributed by atoms with van der Waals surface area (Å²) in [7, 11) is -13.6. The summed E-state index contributed by atoms with van der Waals surface area (Å²) < 4.78 is 165. The third kappa shape index (κ3) is 30.1. The Labute approximate surface area is 844 Å². The van der Waals surface area contributed by atoms with Crippen LogP contribution < -0.4 is 31.9 Å². The molecule has 0 bridgehead atoms. The molecule has 6 amide bonds. The fourth-order valence-corrected chi connectivity index (χ4v) is 18.2. The molecule has 3 aliphatic rings. The number of carbonyl (C=O) groups excluding carboxylic acids is 13. The van der Waals surface area contributed by atoms with Crippen LogP contribution in [0.3, 0.4) is 0 Å². The van der Waals surface area contributed by atoms with Gasteiger partial charge in [0.15, 0.2) is 23.4 Å². The largest absolute Gasteiger partial charge is 0.449 e. The molecule has 6 N–H and O–H groups in total. The number of amides is 6. The third-order valence-corrected chi connectivity index (χ3v) is 27.7. The molecule has 3 aliphatic heterocycles. The van der Waals surface area contributed by atoms with Gasteiger partial charge in [-0.1, -0.05) is 101 Å². The van der Waals surface area contributed by atoms with Gasteiger partial charge in [-0.25, -0.2) is 26.3 Å². The Morgan fingerprint density at radius 2 is 0.667 bits per heavy atom. The van der Waals surface area contributed by atoms with Gasteiger partial charge in [-0.2, -0.15) is 0 Å². The van der Waals surface area contributed by atoms with Gasteiger partial charge in [-0.15, -0.1) is 0 Å². The topological polar surface area (TPSA) is 459 Å². The second kappa shape index (κ2) is 48.4. The van der Waals surface area contributed by atoms with Crippen molar-refractivity contribution in [2.75, 3.05) is 46.1 Å². The first kappa shape index (κ1) is 116. The number of nitrogens with zero attached hydrogens (tertiary/aromatic N) is 6. The molecule has 9 aromatic rings. The number of nitrogens with one attached hydrogen (secondary N) is 3. The molecule has 0 aliphatic carbocycles. The number of halogens is 10. The van der Waals surface area contributed by atoms with E-state index in [1.165, 1.54) is 162 Å². The van der Waals surface area contributed by atoms with Crippen molar-refractivity contribution in [3.05, 3.63) is 194 Å². The van der Waals surface area contributed by atoms with Gasteiger partial charge in [-0.3, -0.25) is 89.6 Å². The second-order valence-electron chi connectivity index (χ2n) is 37.9. The number of esters is 4. The molecule has 35 nitrogen and oxygen atoms in total. The lowest BCUT2D eigenvalue weighted by atomic mass is 9.98. The Hall–Kier alpha value is -11.2. The first-order valence-corrected chi connectivity index (χ1v) is 50.9. The van der Waals surface area contributed by atoms with Crippen molar-refractivity contribution in [2.45, 2.75) is 199 Å². The first-order valence-electron chi connectivity index (χ1n) is 44.5. The van der Waals surface area contributed by atoms with E-state index in [9.17, 15) is 117 Å². The average molecular weight is 2150 g/mol. The minimum atomic E-state index is -4.61. The van der Waals surface area contributed by atoms with E-state index in [1.54, 1.807) is 83.1 Å². The summed E-state index contributed by atoms with van der Waals surface area (Å²) in [4.78, 5) is 197. The van der Waals surface area contributed by atoms with Gasteiger partial charge in [0.05, 0.1) is 88.8 Å². The maximum absolute atomic E-state index is 14.7. The summed E-state index contributed by atoms with van der Waals surface area (Å²) in [6, 6.07) is 21.3. The highest BCUT2D eigenvalue weighted by atomic mass is 35.5. The van der Waals surface area contributed by atoms with Gasteiger partial charge in [0, 0.05) is 107 Å². The van der Waals surface area contributed by atoms with Crippen LogP contribution in [-0.4, -0.2) is 202 Å². The van der Waals surface area contributed by atoms with Crippen molar-refractivity contribution < 1.29 is 150 Å². The fourth-order valence-electron chi connectivity index (χ4n) is 14.8. The molecule has 6 heterocycles. The van der Waals surface area contributed by atoms with E-state index >= 15 is 0 Å². The second-order valence-corrected chi connectivity index (χ2v) is 44.8. The Balaban J connectivity index is 0.000000233. The number of alkyl halides is 4. The monoisotopic (exact) mass is 2150 g/mol. The minimum absolute atomic E-state index is 0.0594. The molecule has 0 spiro atoms. The Morgan fingerprint density at radius 1 is 0.396 bits per heavy atom. The molecule has 6 aromatic carbocycles. The summed E-state index contributed by atoms with van der Waals surface area (Å²) in [5.74, 6) is -9.36. The molecule has 7 atom stereocenters. The number of ketones is 3. The molecule has 48 heteroatoms. The van der Waals surface area contributed by atoms with Crippen LogP contribution >= 0.6 is 69.2 Å². The number of rotatable bonds is 31. The van der Waals surface area contributed by atoms with Gasteiger partial charge in [0.1, 0.15) is 73.7 Å². The number of aromatic nitrogens is 3. The summed E-state index contributed by atoms with van der Waals surface area (Å²) in [5.41, 5.74) is -1.41. The van der Waals surface area contributed by atoms with Crippen LogP contribution in [0.2, 0.25) is 15.1 Å². The summed E-state index contributed by atoms with van der Waals surface area (Å²) in [5, 5.41) is 7.76. The van der Waals surface area contributed by atoms with Crippen molar-refractivity contribution >= 4 is 194 Å². The lowest BCUT2D eigenvalue weighted by Gasteiger charge is -2.24. The van der Waals surface area contributed by atoms with Crippen LogP contribution in [0.25, 0.3) is 32.7 Å². The smallest absolute Gasteiger partial charge is 0.367 e. The zero-order chi connectivity index (χ0) is 107. The van der Waals surface area contributed by atoms with Crippen molar-refractivity contribution in [1.82, 2.24) is 44.4 Å². The molecule has 0 saturated carbocycles. The van der Waals surface area contributed by atoms with Gasteiger partial charge in [0.2, 0.25) is 55.8 Å². The van der Waals surface area contributed by atoms with Crippen molar-refractivity contribution in [2.24, 2.45) is 21.7 Å². The van der Waals surface area contributed by atoms with E-state index in [-0.39, 0.29) is 169 Å². The molecule has 144 heavy (non-hydrogen) atoms. The highest BCUT2D eigenvalue weighted by molar-refractivity contribution is 7.62. The van der Waals surface area contributed by atoms with Crippen LogP contribution in [0.4, 0.5) is 26.3 Å². The molecular weight excluding hydrogens is 2040 g/mol. The molecular formula is C96H110Cl4F6N9O26P3. The molecule has 0 radical (unpaired) electrons. The van der Waals surface area contributed by atoms with Gasteiger partial charge in [0.25, 0.3) is 0 Å². The molecule has 12 rings (SSSR count). The Kier molecular flexibility index (Phi) is 39.2. The number of fused-ring (bicyclic) bond motifs is 3. The Morgan fingerprint density at radius 3 is 0.944 bits per heavy atom. The SMILES string of the molecule is CC(=O)c1cn(CC(=O)N2C[C@H](F)C[C@H]2C(=O)NCc2cccc(Cl)c2F)c2cc(P(=O)(O)O)ccc12.CC(=O)c1cn(CC(=O)N2C[C@H](F)C[C@H]2C(=O)NCc2cccc(Cl)c2F)c2cc(P(=O)(O)OCOC(=O)C(C)(C)C)ccc12.CC(=O)c1cn(CC(=O)N2C[C@H](F)C[C@H]2C(=O)NCc2cccc(Cl)c2F)c2cc(P(=O)(OCOC(=O)C(C)(C)C)OCOC(=O)C(C)(C)C)ccc12.CC(C)(C)C(=O)OCCl. The normalized spacial score (nSPS) is 17.0. The van der Waals surface area contributed by atoms with Crippen molar-refractivity contribution in [1.29, 1.82) is 0 Å². The summed E-state index contributed by atoms with van der Waals surface area (Å²) in [6.45, 7) is 18.3. The standard InChI is InChI=1S/C36H43ClF2N3O10P.C30H33ClF2N3O8P.C24H23ClF2N3O6P.C6H11ClO2/c1-21(43)26-17-41(18-30(44)42-16-23(38)13-29(42)32(45)40-15-22-9-8-10-27(37)31(22)39)28-14-24(11-12-25(26)28)53(48,51-19-49-33(46)35(2,3)4)52-20-50-34(47)36(5,6)7;1-17(37)22-14-35(24-11-20(8-9-21(22)24)45(41,42)44-16-43-29(40)30(2,3)4)15-26(38)36-13-19(32)10-25(36)28(39)34-12-18-6-5-7-23(31)27(18)33;1-13(31)18-11-29(20-8-16(37(34,35)36)5-6-17(18)20)12-22(32)30-10-15(26)7-21(30)24(33)28-9-14-3-2-4-19(25)23(14)27;1-6(2,3)5(8)9-4-7/h8-12,14,17,23,29H,13,15-16,18-20H2,1-7H3,(H,40,45);5-9,11,14,19,25H,10,12-13,15-16H2,1-4H3,(H,34,39)(H,41,42);2-6,8,11,15,21H,7,9-10,12H2,1H3,(H,28,33)(H2,34,35,36);4H2,1-3H3/t23-,29+;19-,25+;15-,21+;/m111./s1. The number of ether oxygens (including phenoxy) is 4. The number of hydrogen-bond acceptors (Lipinski definition) is 23. The van der Waals surface area contributed by atoms with Crippen LogP contribution in [0.15, 0.2) is 128 Å². The number of Topliss-reactive ketones (excluding diaryl/α,β-unsaturated/α-hetero) is 3. The average Bonchev–Trinajstić information content (AvgIpc) is 1.62. The third-order valence-electron chi connectivity index (χ3n) is 22.6. The minimum Gasteiger partial charge on any atom is -0.449 e. The number of hydrogen-bond donors (Lipinski definition) is 6. The fraction of sp³-hybridized carbons (Fsp3) is 0.427. The van der Waals surface area contributed by atoms with Gasteiger partial charge >= 0.3 is 46.7 Å². The van der Waals surface area contributed by atoms with E-state index in [0.717, 1.165) is 14.7 Å².